The summed E-state index contributed by atoms with van der Waals surface area (Å²) < 4.78 is 0. The topological polar surface area (TPSA) is 665 Å². The van der Waals surface area contributed by atoms with Crippen LogP contribution in [0.5, 0.6) is 0 Å². The van der Waals surface area contributed by atoms with Crippen LogP contribution >= 0.6 is 0 Å². The number of nitrogens with one attached hydrogen (secondary N) is 11. The van der Waals surface area contributed by atoms with Gasteiger partial charge in [0.25, 0.3) is 0 Å². The zero-order valence-electron chi connectivity index (χ0n) is 52.3. The van der Waals surface area contributed by atoms with Gasteiger partial charge in [0.1, 0.15) is 66.5 Å². The molecule has 0 saturated heterocycles. The van der Waals surface area contributed by atoms with Crippen LogP contribution in [-0.2, 0) is 71.9 Å². The third-order valence-corrected chi connectivity index (χ3v) is 13.4. The number of aliphatic hydroxyl groups excluding tert-OH is 2. The molecule has 39 nitrogen and oxygen atoms in total. The van der Waals surface area contributed by atoms with E-state index in [4.69, 9.17) is 28.7 Å². The Morgan fingerprint density at radius 3 is 1.24 bits per heavy atom. The standard InChI is InChI=1S/C53H92N18O21/c1-8-24(4)40(71-49(89)39(54)27(7)73)50(90)63-26(6)42(82)70-34(22-72)48(88)69-32(20-38(79)80)47(87)68-31(14-16-37(77)78)46(86)67-30(13-15-36(75)76)44(84)62-25(5)41(81)65-29(12-10-18-60-53(57)58)45(85)66-28(11-9-17-59-52(55)56)43(83)61-21-35(74)64-33(51(91)92)19-23(2)3/h23-34,39-40,72-73H,8-22,54H2,1-7H3,(H,61,83)(H,62,84)(H,63,90)(H,64,74)(H,65,81)(H,66,85)(H,67,86)(H,68,87)(H,69,88)(H,70,82)(H,71,89)(H,75,76)(H,77,78)(H,79,80)(H,91,92)(H4,55,56,59)(H4,57,58,60)/t24-,25-,26-,27+,28-,29-,30-,31-,32-,33-,34-,39-,40-/m0/s1. The molecule has 92 heavy (non-hydrogen) atoms. The van der Waals surface area contributed by atoms with Crippen LogP contribution < -0.4 is 87.2 Å². The van der Waals surface area contributed by atoms with Gasteiger partial charge in [-0.15, -0.1) is 0 Å². The Morgan fingerprint density at radius 2 is 0.837 bits per heavy atom. The van der Waals surface area contributed by atoms with Crippen molar-refractivity contribution in [2.75, 3.05) is 26.2 Å². The van der Waals surface area contributed by atoms with Gasteiger partial charge < -0.3 is 118 Å². The van der Waals surface area contributed by atoms with Gasteiger partial charge in [0.2, 0.25) is 65.0 Å². The molecule has 13 atom stereocenters. The van der Waals surface area contributed by atoms with E-state index in [-0.39, 0.29) is 63.0 Å². The minimum atomic E-state index is -2.16. The fourth-order valence-electron chi connectivity index (χ4n) is 8.03. The van der Waals surface area contributed by atoms with Crippen molar-refractivity contribution in [2.24, 2.45) is 50.5 Å². The lowest BCUT2D eigenvalue weighted by Crippen LogP contribution is -2.61. The normalized spacial score (nSPS) is 15.2. The molecular weight excluding hydrogens is 1220 g/mol. The molecule has 520 valence electrons. The summed E-state index contributed by atoms with van der Waals surface area (Å²) >= 11 is 0. The van der Waals surface area contributed by atoms with Gasteiger partial charge in [-0.3, -0.25) is 77.1 Å². The summed E-state index contributed by atoms with van der Waals surface area (Å²) in [6.45, 7) is 8.19. The van der Waals surface area contributed by atoms with Crippen molar-refractivity contribution in [3.63, 3.8) is 0 Å². The number of rotatable bonds is 45. The van der Waals surface area contributed by atoms with Crippen LogP contribution in [0.3, 0.4) is 0 Å². The molecule has 0 fully saturated rings. The van der Waals surface area contributed by atoms with Gasteiger partial charge in [-0.25, -0.2) is 4.79 Å². The van der Waals surface area contributed by atoms with E-state index < -0.39 is 213 Å². The Morgan fingerprint density at radius 1 is 0.446 bits per heavy atom. The van der Waals surface area contributed by atoms with Crippen molar-refractivity contribution in [3.05, 3.63) is 0 Å². The van der Waals surface area contributed by atoms with Gasteiger partial charge >= 0.3 is 23.9 Å². The highest BCUT2D eigenvalue weighted by molar-refractivity contribution is 6.00. The number of hydrogen-bond donors (Lipinski definition) is 22. The second kappa shape index (κ2) is 42.5. The van der Waals surface area contributed by atoms with Crippen molar-refractivity contribution >= 4 is 101 Å². The van der Waals surface area contributed by atoms with E-state index in [9.17, 15) is 103 Å². The summed E-state index contributed by atoms with van der Waals surface area (Å²) in [6.07, 6.45) is -5.74. The zero-order chi connectivity index (χ0) is 70.7. The van der Waals surface area contributed by atoms with Crippen LogP contribution in [0.4, 0.5) is 0 Å². The molecule has 0 aromatic carbocycles. The lowest BCUT2D eigenvalue weighted by molar-refractivity contribution is -0.142. The monoisotopic (exact) mass is 1320 g/mol. The first kappa shape index (κ1) is 82.5. The van der Waals surface area contributed by atoms with Crippen LogP contribution in [0.25, 0.3) is 0 Å². The van der Waals surface area contributed by atoms with Crippen molar-refractivity contribution in [1.29, 1.82) is 0 Å². The average Bonchev–Trinajstić information content (AvgIpc) is 1.04. The van der Waals surface area contributed by atoms with E-state index in [1.54, 1.807) is 27.7 Å². The van der Waals surface area contributed by atoms with E-state index in [0.29, 0.717) is 6.42 Å². The second-order valence-electron chi connectivity index (χ2n) is 21.8. The Bertz CT molecular complexity index is 2640. The molecule has 0 bridgehead atoms. The predicted molar refractivity (Wildman–Crippen MR) is 323 cm³/mol. The number of aliphatic hydroxyl groups is 2. The Kier molecular flexibility index (Phi) is 38.1. The largest absolute Gasteiger partial charge is 0.481 e. The minimum Gasteiger partial charge on any atom is -0.481 e. The number of amides is 11. The highest BCUT2D eigenvalue weighted by Crippen LogP contribution is 2.12. The van der Waals surface area contributed by atoms with Crippen LogP contribution in [0.2, 0.25) is 0 Å². The molecule has 0 unspecified atom stereocenters. The summed E-state index contributed by atoms with van der Waals surface area (Å²) in [5.74, 6) is -19.7. The zero-order valence-corrected chi connectivity index (χ0v) is 52.3. The number of nitrogens with two attached hydrogens (primary N) is 5. The van der Waals surface area contributed by atoms with Crippen LogP contribution in [0, 0.1) is 11.8 Å². The van der Waals surface area contributed by atoms with Gasteiger partial charge in [0.15, 0.2) is 11.9 Å². The maximum Gasteiger partial charge on any atom is 0.326 e. The van der Waals surface area contributed by atoms with Crippen molar-refractivity contribution in [2.45, 2.75) is 192 Å². The Balaban J connectivity index is 6.72. The smallest absolute Gasteiger partial charge is 0.326 e. The number of nitrogens with zero attached hydrogens (tertiary/aromatic N) is 2. The van der Waals surface area contributed by atoms with Crippen molar-refractivity contribution < 1.29 is 103 Å². The maximum atomic E-state index is 14.0. The molecule has 0 aromatic rings. The number of carbonyl (C=O) groups is 15. The molecule has 11 amide bonds. The third-order valence-electron chi connectivity index (χ3n) is 13.4. The van der Waals surface area contributed by atoms with Gasteiger partial charge in [-0.05, 0) is 77.6 Å². The molecule has 0 aliphatic rings. The maximum absolute atomic E-state index is 14.0. The minimum absolute atomic E-state index is 0.00353. The number of aliphatic carboxylic acids is 4. The number of hydrogen-bond acceptors (Lipinski definition) is 20. The molecule has 0 rings (SSSR count). The second-order valence-corrected chi connectivity index (χ2v) is 21.8. The van der Waals surface area contributed by atoms with Crippen LogP contribution in [0.1, 0.15) is 119 Å². The van der Waals surface area contributed by atoms with Crippen LogP contribution in [0.15, 0.2) is 9.98 Å². The highest BCUT2D eigenvalue weighted by Gasteiger charge is 2.37. The molecule has 0 radical (unpaired) electrons. The highest BCUT2D eigenvalue weighted by atomic mass is 16.4. The molecule has 27 N–H and O–H groups in total. The van der Waals surface area contributed by atoms with E-state index in [1.807, 2.05) is 5.32 Å². The van der Waals surface area contributed by atoms with Gasteiger partial charge in [0.05, 0.1) is 25.7 Å². The summed E-state index contributed by atoms with van der Waals surface area (Å²) in [5, 5.41) is 83.0. The van der Waals surface area contributed by atoms with Crippen molar-refractivity contribution in [3.8, 4) is 0 Å². The van der Waals surface area contributed by atoms with E-state index in [2.05, 4.69) is 63.2 Å². The fraction of sp³-hybridized carbons (Fsp3) is 0.679. The first-order chi connectivity index (χ1) is 42.8. The van der Waals surface area contributed by atoms with E-state index >= 15 is 0 Å². The first-order valence-corrected chi connectivity index (χ1v) is 29.2. The number of aliphatic imine (C=N–C) groups is 2. The van der Waals surface area contributed by atoms with Gasteiger partial charge in [-0.2, -0.15) is 0 Å². The molecule has 0 spiro atoms. The summed E-state index contributed by atoms with van der Waals surface area (Å²) in [4.78, 5) is 203. The first-order valence-electron chi connectivity index (χ1n) is 29.2. The van der Waals surface area contributed by atoms with Gasteiger partial charge in [-0.1, -0.05) is 34.1 Å². The molecule has 0 heterocycles. The van der Waals surface area contributed by atoms with E-state index in [1.165, 1.54) is 6.92 Å². The summed E-state index contributed by atoms with van der Waals surface area (Å²) in [5.41, 5.74) is 27.4. The fourth-order valence-corrected chi connectivity index (χ4v) is 8.03. The summed E-state index contributed by atoms with van der Waals surface area (Å²) in [7, 11) is 0. The molecule has 39 heteroatoms. The lowest BCUT2D eigenvalue weighted by Gasteiger charge is -2.28. The molecule has 0 aromatic heterocycles. The number of carboxylic acids is 4. The molecular formula is C53H92N18O21. The predicted octanol–water partition coefficient (Wildman–Crippen LogP) is -8.82. The Labute approximate surface area is 528 Å². The Hall–Kier alpha value is -9.53. The number of guanidine groups is 2. The lowest BCUT2D eigenvalue weighted by atomic mass is 9.97. The van der Waals surface area contributed by atoms with Gasteiger partial charge in [0, 0.05) is 25.9 Å². The molecule has 0 saturated carbocycles. The average molecular weight is 1320 g/mol. The number of carbonyl (C=O) groups excluding carboxylic acids is 11. The van der Waals surface area contributed by atoms with E-state index in [0.717, 1.165) is 13.8 Å². The van der Waals surface area contributed by atoms with Crippen LogP contribution in [-0.4, -0.2) is 230 Å². The number of carboxylic acid groups (broad SMARTS) is 4. The SMILES string of the molecule is CC[C@H](C)[C@H](NC(=O)[C@@H](N)[C@@H](C)O)C(=O)N[C@@H](C)C(=O)N[C@@H](CO)C(=O)N[C@@H](CC(=O)O)C(=O)N[C@@H](CCC(=O)O)C(=O)N[C@@H](CCC(=O)O)C(=O)N[C@@H](C)C(=O)N[C@@H](CCCN=C(N)N)C(=O)N[C@@H](CCCN=C(N)N)C(=O)NCC(=O)N[C@@H](CC(C)C)C(=O)O. The molecule has 0 aliphatic heterocycles. The summed E-state index contributed by atoms with van der Waals surface area (Å²) in [6, 6.07) is -18.2. The molecule has 0 aliphatic carbocycles. The van der Waals surface area contributed by atoms with Crippen molar-refractivity contribution in [1.82, 2.24) is 58.5 Å². The quantitative estimate of drug-likeness (QED) is 0.0153. The third kappa shape index (κ3) is 33.3.